The lowest BCUT2D eigenvalue weighted by atomic mass is 10.0. The van der Waals surface area contributed by atoms with E-state index in [4.69, 9.17) is 10.8 Å². The molecular weight excluding hydrogens is 206 g/mol. The molecule has 3 N–H and O–H groups in total. The van der Waals surface area contributed by atoms with Crippen LogP contribution in [-0.4, -0.2) is 16.1 Å². The van der Waals surface area contributed by atoms with Gasteiger partial charge < -0.3 is 10.8 Å². The molecule has 15 heavy (non-hydrogen) atoms. The Kier molecular flexibility index (Phi) is 3.18. The maximum Gasteiger partial charge on any atom is 0.309 e. The lowest BCUT2D eigenvalue weighted by Crippen LogP contribution is -2.09. The molecule has 82 valence electrons. The van der Waals surface area contributed by atoms with Gasteiger partial charge in [-0.2, -0.15) is 0 Å². The average molecular weight is 216 g/mol. The van der Waals surface area contributed by atoms with Crippen molar-refractivity contribution in [3.05, 3.63) is 23.0 Å². The van der Waals surface area contributed by atoms with Crippen LogP contribution in [0.5, 0.6) is 0 Å². The molecule has 1 aromatic heterocycles. The van der Waals surface area contributed by atoms with Crippen molar-refractivity contribution in [2.24, 2.45) is 0 Å². The number of halogens is 2. The summed E-state index contributed by atoms with van der Waals surface area (Å²) in [7, 11) is 0. The molecule has 4 nitrogen and oxygen atoms in total. The summed E-state index contributed by atoms with van der Waals surface area (Å²) >= 11 is 0. The fourth-order valence-corrected chi connectivity index (χ4v) is 1.30. The number of carboxylic acid groups (broad SMARTS) is 1. The number of anilines is 1. The van der Waals surface area contributed by atoms with Gasteiger partial charge in [0.15, 0.2) is 0 Å². The third-order valence-electron chi connectivity index (χ3n) is 2.04. The highest BCUT2D eigenvalue weighted by Gasteiger charge is 2.18. The quantitative estimate of drug-likeness (QED) is 0.803. The van der Waals surface area contributed by atoms with Crippen molar-refractivity contribution in [3.63, 3.8) is 0 Å². The summed E-state index contributed by atoms with van der Waals surface area (Å²) in [5.41, 5.74) is 5.15. The third-order valence-corrected chi connectivity index (χ3v) is 2.04. The van der Waals surface area contributed by atoms with Crippen LogP contribution in [0.4, 0.5) is 14.5 Å². The summed E-state index contributed by atoms with van der Waals surface area (Å²) in [5.74, 6) is -1.12. The zero-order chi connectivity index (χ0) is 11.6. The number of nitrogen functional groups attached to an aromatic ring is 1. The minimum Gasteiger partial charge on any atom is -0.481 e. The molecule has 0 fully saturated rings. The molecule has 0 unspecified atom stereocenters. The summed E-state index contributed by atoms with van der Waals surface area (Å²) in [4.78, 5) is 14.2. The molecule has 1 rings (SSSR count). The summed E-state index contributed by atoms with van der Waals surface area (Å²) in [6.45, 7) is 1.39. The van der Waals surface area contributed by atoms with Crippen LogP contribution in [0.2, 0.25) is 0 Å². The summed E-state index contributed by atoms with van der Waals surface area (Å²) in [6.07, 6.45) is -2.04. The van der Waals surface area contributed by atoms with Gasteiger partial charge in [0.2, 0.25) is 0 Å². The molecule has 0 bridgehead atoms. The number of carboxylic acids is 1. The number of pyridine rings is 1. The second-order valence-corrected chi connectivity index (χ2v) is 3.07. The Morgan fingerprint density at radius 2 is 2.27 bits per heavy atom. The van der Waals surface area contributed by atoms with Gasteiger partial charge in [0, 0.05) is 5.56 Å². The number of hydrogen-bond acceptors (Lipinski definition) is 3. The van der Waals surface area contributed by atoms with Crippen molar-refractivity contribution in [2.75, 3.05) is 5.73 Å². The topological polar surface area (TPSA) is 76.2 Å². The summed E-state index contributed by atoms with van der Waals surface area (Å²) in [6, 6.07) is 0. The van der Waals surface area contributed by atoms with Gasteiger partial charge in [0.1, 0.15) is 0 Å². The molecule has 0 atom stereocenters. The summed E-state index contributed by atoms with van der Waals surface area (Å²) < 4.78 is 25.1. The van der Waals surface area contributed by atoms with Crippen LogP contribution >= 0.6 is 0 Å². The van der Waals surface area contributed by atoms with E-state index in [0.717, 1.165) is 6.20 Å². The molecule has 0 saturated carbocycles. The van der Waals surface area contributed by atoms with Gasteiger partial charge in [-0.3, -0.25) is 9.78 Å². The van der Waals surface area contributed by atoms with Crippen LogP contribution in [0.25, 0.3) is 0 Å². The number of alkyl halides is 2. The zero-order valence-corrected chi connectivity index (χ0v) is 8.00. The van der Waals surface area contributed by atoms with E-state index in [9.17, 15) is 13.6 Å². The van der Waals surface area contributed by atoms with Crippen molar-refractivity contribution in [2.45, 2.75) is 19.8 Å². The second-order valence-electron chi connectivity index (χ2n) is 3.07. The minimum atomic E-state index is -2.72. The first-order valence-electron chi connectivity index (χ1n) is 4.17. The molecule has 0 radical (unpaired) electrons. The Bertz CT molecular complexity index is 394. The van der Waals surface area contributed by atoms with Gasteiger partial charge in [-0.05, 0) is 12.5 Å². The van der Waals surface area contributed by atoms with E-state index in [2.05, 4.69) is 4.98 Å². The van der Waals surface area contributed by atoms with Gasteiger partial charge in [-0.25, -0.2) is 8.78 Å². The van der Waals surface area contributed by atoms with E-state index < -0.39 is 12.4 Å². The normalized spacial score (nSPS) is 10.7. The number of nitrogens with zero attached hydrogens (tertiary/aromatic N) is 1. The predicted molar refractivity (Wildman–Crippen MR) is 49.7 cm³/mol. The number of nitrogens with two attached hydrogens (primary N) is 1. The van der Waals surface area contributed by atoms with Crippen LogP contribution in [0.15, 0.2) is 6.20 Å². The van der Waals surface area contributed by atoms with Crippen molar-refractivity contribution < 1.29 is 18.7 Å². The van der Waals surface area contributed by atoms with Crippen molar-refractivity contribution in [1.29, 1.82) is 0 Å². The number of rotatable bonds is 3. The maximum atomic E-state index is 12.6. The van der Waals surface area contributed by atoms with Crippen LogP contribution in [0.1, 0.15) is 23.2 Å². The van der Waals surface area contributed by atoms with Crippen LogP contribution in [-0.2, 0) is 11.2 Å². The van der Waals surface area contributed by atoms with Crippen molar-refractivity contribution in [1.82, 2.24) is 4.98 Å². The smallest absolute Gasteiger partial charge is 0.309 e. The Balaban J connectivity index is 3.22. The van der Waals surface area contributed by atoms with E-state index in [1.807, 2.05) is 0 Å². The fraction of sp³-hybridized carbons (Fsp3) is 0.333. The van der Waals surface area contributed by atoms with Crippen LogP contribution in [0.3, 0.4) is 0 Å². The largest absolute Gasteiger partial charge is 0.481 e. The monoisotopic (exact) mass is 216 g/mol. The number of hydrogen-bond donors (Lipinski definition) is 2. The van der Waals surface area contributed by atoms with Crippen LogP contribution < -0.4 is 5.73 Å². The van der Waals surface area contributed by atoms with Crippen molar-refractivity contribution >= 4 is 11.7 Å². The van der Waals surface area contributed by atoms with Gasteiger partial charge in [-0.15, -0.1) is 0 Å². The molecule has 0 aromatic carbocycles. The molecule has 0 saturated heterocycles. The highest BCUT2D eigenvalue weighted by molar-refractivity contribution is 5.70. The molecule has 6 heteroatoms. The van der Waals surface area contributed by atoms with E-state index >= 15 is 0 Å². The fourth-order valence-electron chi connectivity index (χ4n) is 1.30. The first-order chi connectivity index (χ1) is 6.93. The Morgan fingerprint density at radius 1 is 1.67 bits per heavy atom. The van der Waals surface area contributed by atoms with E-state index in [1.54, 1.807) is 0 Å². The van der Waals surface area contributed by atoms with Gasteiger partial charge >= 0.3 is 5.97 Å². The average Bonchev–Trinajstić information content (AvgIpc) is 2.09. The summed E-state index contributed by atoms with van der Waals surface area (Å²) in [5, 5.41) is 8.53. The molecule has 0 aliphatic carbocycles. The minimum absolute atomic E-state index is 0.114. The molecule has 1 heterocycles. The van der Waals surface area contributed by atoms with Gasteiger partial charge in [-0.1, -0.05) is 0 Å². The third kappa shape index (κ3) is 2.39. The first kappa shape index (κ1) is 11.4. The van der Waals surface area contributed by atoms with E-state index in [-0.39, 0.29) is 28.9 Å². The molecule has 1 aromatic rings. The SMILES string of the molecule is Cc1c(CC(=O)O)ncc(N)c1C(F)F. The highest BCUT2D eigenvalue weighted by Crippen LogP contribution is 2.29. The van der Waals surface area contributed by atoms with Gasteiger partial charge in [0.25, 0.3) is 6.43 Å². The lowest BCUT2D eigenvalue weighted by molar-refractivity contribution is -0.136. The number of aromatic nitrogens is 1. The van der Waals surface area contributed by atoms with Crippen molar-refractivity contribution in [3.8, 4) is 0 Å². The maximum absolute atomic E-state index is 12.6. The van der Waals surface area contributed by atoms with E-state index in [1.165, 1.54) is 6.92 Å². The molecule has 0 spiro atoms. The molecule has 0 aliphatic heterocycles. The van der Waals surface area contributed by atoms with E-state index in [0.29, 0.717) is 0 Å². The molecular formula is C9H10F2N2O2. The standard InChI is InChI=1S/C9H10F2N2O2/c1-4-6(2-7(14)15)13-3-5(12)8(4)9(10)11/h3,9H,2,12H2,1H3,(H,14,15). The second kappa shape index (κ2) is 4.20. The predicted octanol–water partition coefficient (Wildman–Crippen LogP) is 1.54. The number of aliphatic carboxylic acids is 1. The Labute approximate surface area is 84.7 Å². The molecule has 0 aliphatic rings. The zero-order valence-electron chi connectivity index (χ0n) is 8.00. The molecule has 0 amide bonds. The Hall–Kier alpha value is -1.72. The van der Waals surface area contributed by atoms with Crippen LogP contribution in [0, 0.1) is 6.92 Å². The first-order valence-corrected chi connectivity index (χ1v) is 4.17. The number of carbonyl (C=O) groups is 1. The highest BCUT2D eigenvalue weighted by atomic mass is 19.3. The Morgan fingerprint density at radius 3 is 2.73 bits per heavy atom. The van der Waals surface area contributed by atoms with Gasteiger partial charge in [0.05, 0.1) is 24.0 Å². The lowest BCUT2D eigenvalue weighted by Gasteiger charge is -2.11.